The Hall–Kier alpha value is -1.02. The minimum absolute atomic E-state index is 0.486. The van der Waals surface area contributed by atoms with Crippen LogP contribution in [0.3, 0.4) is 0 Å². The maximum Gasteiger partial charge on any atom is 0.119 e. The molecule has 0 saturated heterocycles. The molecule has 2 rings (SSSR count). The summed E-state index contributed by atoms with van der Waals surface area (Å²) >= 11 is 0. The summed E-state index contributed by atoms with van der Waals surface area (Å²) in [5.74, 6) is 1.07. The van der Waals surface area contributed by atoms with Crippen molar-refractivity contribution in [2.45, 2.75) is 44.4 Å². The second-order valence-electron chi connectivity index (χ2n) is 4.83. The Labute approximate surface area is 97.5 Å². The fraction of sp³-hybridized carbons (Fsp3) is 0.571. The summed E-state index contributed by atoms with van der Waals surface area (Å²) < 4.78 is 0. The molecule has 16 heavy (non-hydrogen) atoms. The highest BCUT2D eigenvalue weighted by Gasteiger charge is 2.18. The topological polar surface area (TPSA) is 47.9 Å². The third-order valence-electron chi connectivity index (χ3n) is 3.60. The van der Waals surface area contributed by atoms with E-state index in [2.05, 4.69) is 11.8 Å². The minimum Gasteiger partial charge on any atom is -0.508 e. The van der Waals surface area contributed by atoms with E-state index < -0.39 is 0 Å². The van der Waals surface area contributed by atoms with Crippen molar-refractivity contribution < 1.29 is 10.8 Å². The highest BCUT2D eigenvalue weighted by molar-refractivity contribution is 5.39. The van der Waals surface area contributed by atoms with Gasteiger partial charge in [0.15, 0.2) is 0 Å². The maximum atomic E-state index is 9.94. The highest BCUT2D eigenvalue weighted by Crippen LogP contribution is 2.37. The zero-order valence-electron chi connectivity index (χ0n) is 9.91. The SMILES string of the molecule is [NH3+]CCc1ccc(O)c(C2CCCCC2)c1. The molecule has 88 valence electrons. The van der Waals surface area contributed by atoms with Gasteiger partial charge in [-0.05, 0) is 36.0 Å². The van der Waals surface area contributed by atoms with E-state index >= 15 is 0 Å². The van der Waals surface area contributed by atoms with Crippen molar-refractivity contribution in [2.75, 3.05) is 6.54 Å². The summed E-state index contributed by atoms with van der Waals surface area (Å²) in [6.07, 6.45) is 7.46. The molecule has 0 amide bonds. The molecule has 1 aromatic carbocycles. The maximum absolute atomic E-state index is 9.94. The number of hydrogen-bond donors (Lipinski definition) is 2. The predicted octanol–water partition coefficient (Wildman–Crippen LogP) is 2.22. The molecule has 1 aliphatic rings. The number of phenolic OH excluding ortho intramolecular Hbond substituents is 1. The number of benzene rings is 1. The summed E-state index contributed by atoms with van der Waals surface area (Å²) in [4.78, 5) is 0. The lowest BCUT2D eigenvalue weighted by Gasteiger charge is -2.23. The standard InChI is InChI=1S/C14H21NO/c15-9-8-11-6-7-14(16)13(10-11)12-4-2-1-3-5-12/h6-7,10,12,16H,1-5,8-9,15H2/p+1. The van der Waals surface area contributed by atoms with Crippen molar-refractivity contribution in [2.24, 2.45) is 0 Å². The van der Waals surface area contributed by atoms with Gasteiger partial charge in [-0.1, -0.05) is 31.4 Å². The van der Waals surface area contributed by atoms with Crippen LogP contribution in [-0.2, 0) is 6.42 Å². The van der Waals surface area contributed by atoms with Gasteiger partial charge in [0.05, 0.1) is 6.54 Å². The minimum atomic E-state index is 0.486. The fourth-order valence-corrected chi connectivity index (χ4v) is 2.70. The lowest BCUT2D eigenvalue weighted by molar-refractivity contribution is -0.366. The Morgan fingerprint density at radius 1 is 1.19 bits per heavy atom. The second kappa shape index (κ2) is 5.35. The van der Waals surface area contributed by atoms with E-state index in [1.165, 1.54) is 43.2 Å². The smallest absolute Gasteiger partial charge is 0.119 e. The summed E-state index contributed by atoms with van der Waals surface area (Å²) in [6.45, 7) is 0.925. The molecule has 0 atom stereocenters. The zero-order valence-corrected chi connectivity index (χ0v) is 9.91. The molecule has 0 spiro atoms. The first-order valence-corrected chi connectivity index (χ1v) is 6.42. The lowest BCUT2D eigenvalue weighted by Crippen LogP contribution is -2.51. The van der Waals surface area contributed by atoms with Gasteiger partial charge in [0.2, 0.25) is 0 Å². The van der Waals surface area contributed by atoms with E-state index in [0.29, 0.717) is 11.7 Å². The number of quaternary nitrogens is 1. The molecule has 1 aromatic rings. The molecular weight excluding hydrogens is 198 g/mol. The van der Waals surface area contributed by atoms with Gasteiger partial charge in [-0.15, -0.1) is 0 Å². The summed E-state index contributed by atoms with van der Waals surface area (Å²) in [6, 6.07) is 6.07. The Morgan fingerprint density at radius 2 is 1.94 bits per heavy atom. The molecule has 0 heterocycles. The predicted molar refractivity (Wildman–Crippen MR) is 65.4 cm³/mol. The van der Waals surface area contributed by atoms with Crippen molar-refractivity contribution in [3.05, 3.63) is 29.3 Å². The van der Waals surface area contributed by atoms with Gasteiger partial charge in [-0.3, -0.25) is 0 Å². The molecule has 0 bridgehead atoms. The first-order chi connectivity index (χ1) is 7.81. The van der Waals surface area contributed by atoms with Crippen LogP contribution >= 0.6 is 0 Å². The molecule has 0 aromatic heterocycles. The van der Waals surface area contributed by atoms with Crippen LogP contribution in [0, 0.1) is 0 Å². The number of rotatable bonds is 3. The van der Waals surface area contributed by atoms with Crippen LogP contribution in [0.2, 0.25) is 0 Å². The molecule has 1 fully saturated rings. The van der Waals surface area contributed by atoms with Gasteiger partial charge < -0.3 is 10.8 Å². The monoisotopic (exact) mass is 220 g/mol. The summed E-state index contributed by atoms with van der Waals surface area (Å²) in [5, 5.41) is 9.94. The molecule has 0 aliphatic heterocycles. The molecular formula is C14H22NO+. The normalized spacial score (nSPS) is 17.6. The van der Waals surface area contributed by atoms with Crippen molar-refractivity contribution in [1.82, 2.24) is 0 Å². The van der Waals surface area contributed by atoms with E-state index in [1.807, 2.05) is 12.1 Å². The molecule has 1 saturated carbocycles. The van der Waals surface area contributed by atoms with Gasteiger partial charge in [-0.2, -0.15) is 0 Å². The number of hydrogen-bond acceptors (Lipinski definition) is 1. The Bertz CT molecular complexity index is 343. The van der Waals surface area contributed by atoms with Gasteiger partial charge in [-0.25, -0.2) is 0 Å². The van der Waals surface area contributed by atoms with Crippen LogP contribution in [-0.4, -0.2) is 11.7 Å². The van der Waals surface area contributed by atoms with Crippen LogP contribution in [0.25, 0.3) is 0 Å². The first kappa shape index (κ1) is 11.5. The van der Waals surface area contributed by atoms with Crippen LogP contribution in [0.1, 0.15) is 49.1 Å². The molecule has 2 nitrogen and oxygen atoms in total. The summed E-state index contributed by atoms with van der Waals surface area (Å²) in [7, 11) is 0. The van der Waals surface area contributed by atoms with Crippen molar-refractivity contribution in [3.63, 3.8) is 0 Å². The van der Waals surface area contributed by atoms with Crippen molar-refractivity contribution >= 4 is 0 Å². The van der Waals surface area contributed by atoms with Crippen molar-refractivity contribution in [3.8, 4) is 5.75 Å². The summed E-state index contributed by atoms with van der Waals surface area (Å²) in [5.41, 5.74) is 6.37. The van der Waals surface area contributed by atoms with Crippen molar-refractivity contribution in [1.29, 1.82) is 0 Å². The van der Waals surface area contributed by atoms with Crippen LogP contribution in [0.5, 0.6) is 5.75 Å². The number of aromatic hydroxyl groups is 1. The quantitative estimate of drug-likeness (QED) is 0.806. The van der Waals surface area contributed by atoms with E-state index in [-0.39, 0.29) is 0 Å². The average Bonchev–Trinajstić information content (AvgIpc) is 2.33. The first-order valence-electron chi connectivity index (χ1n) is 6.42. The second-order valence-corrected chi connectivity index (χ2v) is 4.83. The van der Waals surface area contributed by atoms with Crippen LogP contribution in [0.4, 0.5) is 0 Å². The lowest BCUT2D eigenvalue weighted by atomic mass is 9.83. The molecule has 2 heteroatoms. The van der Waals surface area contributed by atoms with E-state index in [9.17, 15) is 5.11 Å². The fourth-order valence-electron chi connectivity index (χ4n) is 2.70. The highest BCUT2D eigenvalue weighted by atomic mass is 16.3. The number of phenols is 1. The van der Waals surface area contributed by atoms with Gasteiger partial charge in [0.1, 0.15) is 5.75 Å². The largest absolute Gasteiger partial charge is 0.508 e. The van der Waals surface area contributed by atoms with Gasteiger partial charge >= 0.3 is 0 Å². The third-order valence-corrected chi connectivity index (χ3v) is 3.60. The van der Waals surface area contributed by atoms with E-state index in [4.69, 9.17) is 0 Å². The Morgan fingerprint density at radius 3 is 2.62 bits per heavy atom. The molecule has 1 aliphatic carbocycles. The third kappa shape index (κ3) is 2.56. The van der Waals surface area contributed by atoms with E-state index in [1.54, 1.807) is 0 Å². The van der Waals surface area contributed by atoms with E-state index in [0.717, 1.165) is 13.0 Å². The van der Waals surface area contributed by atoms with Gasteiger partial charge in [0, 0.05) is 6.42 Å². The van der Waals surface area contributed by atoms with Gasteiger partial charge in [0.25, 0.3) is 0 Å². The molecule has 0 unspecified atom stereocenters. The zero-order chi connectivity index (χ0) is 11.4. The Kier molecular flexibility index (Phi) is 3.83. The average molecular weight is 220 g/mol. The Balaban J connectivity index is 2.19. The molecule has 0 radical (unpaired) electrons. The van der Waals surface area contributed by atoms with Crippen LogP contribution < -0.4 is 5.73 Å². The van der Waals surface area contributed by atoms with Crippen LogP contribution in [0.15, 0.2) is 18.2 Å². The molecule has 4 N–H and O–H groups in total.